The van der Waals surface area contributed by atoms with Gasteiger partial charge in [0.1, 0.15) is 5.75 Å². The van der Waals surface area contributed by atoms with E-state index in [1.54, 1.807) is 31.4 Å². The summed E-state index contributed by atoms with van der Waals surface area (Å²) in [7, 11) is 1.59. The van der Waals surface area contributed by atoms with Gasteiger partial charge in [0.2, 0.25) is 11.8 Å². The molecule has 1 aromatic carbocycles. The quantitative estimate of drug-likeness (QED) is 0.729. The van der Waals surface area contributed by atoms with Crippen molar-refractivity contribution in [3.8, 4) is 5.75 Å². The molecule has 6 heteroatoms. The maximum atomic E-state index is 11.5. The minimum atomic E-state index is -0.349. The molecule has 3 N–H and O–H groups in total. The summed E-state index contributed by atoms with van der Waals surface area (Å²) in [5, 5.41) is 2.75. The minimum Gasteiger partial charge on any atom is -0.497 e. The second kappa shape index (κ2) is 7.60. The van der Waals surface area contributed by atoms with Crippen LogP contribution in [0, 0.1) is 0 Å². The normalized spacial score (nSPS) is 9.83. The number of nitrogens with one attached hydrogen (secondary N) is 1. The lowest BCUT2D eigenvalue weighted by Gasteiger charge is -2.05. The summed E-state index contributed by atoms with van der Waals surface area (Å²) >= 11 is 1.38. The topological polar surface area (TPSA) is 81.4 Å². The number of carbonyl (C=O) groups is 2. The van der Waals surface area contributed by atoms with Gasteiger partial charge in [-0.1, -0.05) is 0 Å². The van der Waals surface area contributed by atoms with Gasteiger partial charge in [-0.15, -0.1) is 0 Å². The highest BCUT2D eigenvalue weighted by Gasteiger charge is 2.03. The predicted octanol–water partition coefficient (Wildman–Crippen LogP) is 1.24. The van der Waals surface area contributed by atoms with E-state index in [-0.39, 0.29) is 11.8 Å². The number of nitrogens with two attached hydrogens (primary N) is 1. The van der Waals surface area contributed by atoms with Gasteiger partial charge < -0.3 is 15.8 Å². The Morgan fingerprint density at radius 1 is 1.33 bits per heavy atom. The molecule has 1 rings (SSSR count). The smallest absolute Gasteiger partial charge is 0.234 e. The van der Waals surface area contributed by atoms with Crippen molar-refractivity contribution >= 4 is 29.3 Å². The predicted molar refractivity (Wildman–Crippen MR) is 72.8 cm³/mol. The van der Waals surface area contributed by atoms with E-state index in [2.05, 4.69) is 5.32 Å². The van der Waals surface area contributed by atoms with Gasteiger partial charge in [0.15, 0.2) is 0 Å². The summed E-state index contributed by atoms with van der Waals surface area (Å²) in [5.41, 5.74) is 5.71. The zero-order chi connectivity index (χ0) is 13.4. The molecule has 1 aromatic rings. The molecule has 0 bridgehead atoms. The first-order valence-electron chi connectivity index (χ1n) is 5.42. The van der Waals surface area contributed by atoms with Gasteiger partial charge in [0.05, 0.1) is 12.9 Å². The highest BCUT2D eigenvalue weighted by Crippen LogP contribution is 2.15. The average molecular weight is 268 g/mol. The number of anilines is 1. The molecule has 98 valence electrons. The first kappa shape index (κ1) is 14.4. The molecule has 0 heterocycles. The van der Waals surface area contributed by atoms with E-state index in [1.165, 1.54) is 11.8 Å². The molecule has 0 saturated heterocycles. The monoisotopic (exact) mass is 268 g/mol. The molecule has 2 amide bonds. The van der Waals surface area contributed by atoms with Crippen molar-refractivity contribution in [3.63, 3.8) is 0 Å². The Morgan fingerprint density at radius 3 is 2.56 bits per heavy atom. The zero-order valence-electron chi connectivity index (χ0n) is 10.1. The van der Waals surface area contributed by atoms with E-state index < -0.39 is 0 Å². The molecule has 18 heavy (non-hydrogen) atoms. The molecule has 0 aliphatic rings. The molecule has 0 atom stereocenters. The van der Waals surface area contributed by atoms with Crippen LogP contribution in [0.25, 0.3) is 0 Å². The first-order chi connectivity index (χ1) is 8.61. The Bertz CT molecular complexity index is 406. The van der Waals surface area contributed by atoms with E-state index in [1.807, 2.05) is 0 Å². The van der Waals surface area contributed by atoms with Crippen molar-refractivity contribution in [3.05, 3.63) is 24.3 Å². The van der Waals surface area contributed by atoms with Crippen molar-refractivity contribution in [2.24, 2.45) is 5.73 Å². The third kappa shape index (κ3) is 5.58. The molecule has 0 aliphatic heterocycles. The van der Waals surface area contributed by atoms with Crippen LogP contribution in [0.15, 0.2) is 24.3 Å². The number of hydrogen-bond acceptors (Lipinski definition) is 4. The Balaban J connectivity index is 2.28. The summed E-state index contributed by atoms with van der Waals surface area (Å²) in [6, 6.07) is 7.08. The fourth-order valence-electron chi connectivity index (χ4n) is 1.21. The number of thioether (sulfide) groups is 1. The van der Waals surface area contributed by atoms with Gasteiger partial charge in [-0.3, -0.25) is 9.59 Å². The van der Waals surface area contributed by atoms with E-state index in [0.717, 1.165) is 11.4 Å². The van der Waals surface area contributed by atoms with Gasteiger partial charge in [0, 0.05) is 17.9 Å². The summed E-state index contributed by atoms with van der Waals surface area (Å²) in [4.78, 5) is 22.0. The summed E-state index contributed by atoms with van der Waals surface area (Å²) < 4.78 is 5.02. The maximum absolute atomic E-state index is 11.5. The lowest BCUT2D eigenvalue weighted by atomic mass is 10.3. The third-order valence-corrected chi connectivity index (χ3v) is 3.06. The van der Waals surface area contributed by atoms with Crippen LogP contribution in [-0.2, 0) is 9.59 Å². The number of hydrogen-bond donors (Lipinski definition) is 2. The SMILES string of the molecule is COc1ccc(NC(=O)CSCCC(N)=O)cc1. The van der Waals surface area contributed by atoms with Crippen LogP contribution >= 0.6 is 11.8 Å². The Labute approximate surface area is 110 Å². The number of ether oxygens (including phenoxy) is 1. The molecule has 0 unspecified atom stereocenters. The van der Waals surface area contributed by atoms with E-state index >= 15 is 0 Å². The number of amides is 2. The zero-order valence-corrected chi connectivity index (χ0v) is 11.0. The number of methoxy groups -OCH3 is 1. The van der Waals surface area contributed by atoms with Crippen molar-refractivity contribution in [2.45, 2.75) is 6.42 Å². The Hall–Kier alpha value is -1.69. The molecule has 0 spiro atoms. The van der Waals surface area contributed by atoms with Crippen LogP contribution in [0.3, 0.4) is 0 Å². The van der Waals surface area contributed by atoms with Crippen LogP contribution in [0.2, 0.25) is 0 Å². The highest BCUT2D eigenvalue weighted by molar-refractivity contribution is 7.99. The van der Waals surface area contributed by atoms with Gasteiger partial charge in [0.25, 0.3) is 0 Å². The van der Waals surface area contributed by atoms with Crippen molar-refractivity contribution in [1.82, 2.24) is 0 Å². The summed E-state index contributed by atoms with van der Waals surface area (Å²) in [6.07, 6.45) is 0.292. The van der Waals surface area contributed by atoms with Gasteiger partial charge in [-0.05, 0) is 24.3 Å². The van der Waals surface area contributed by atoms with Crippen LogP contribution < -0.4 is 15.8 Å². The fourth-order valence-corrected chi connectivity index (χ4v) is 1.96. The van der Waals surface area contributed by atoms with Gasteiger partial charge in [-0.25, -0.2) is 0 Å². The summed E-state index contributed by atoms with van der Waals surface area (Å²) in [5.74, 6) is 1.15. The van der Waals surface area contributed by atoms with Crippen LogP contribution in [0.5, 0.6) is 5.75 Å². The second-order valence-corrected chi connectivity index (χ2v) is 4.65. The lowest BCUT2D eigenvalue weighted by molar-refractivity contribution is -0.117. The van der Waals surface area contributed by atoms with E-state index in [0.29, 0.717) is 17.9 Å². The Kier molecular flexibility index (Phi) is 6.07. The number of benzene rings is 1. The van der Waals surface area contributed by atoms with Gasteiger partial charge >= 0.3 is 0 Å². The van der Waals surface area contributed by atoms with Crippen molar-refractivity contribution in [2.75, 3.05) is 23.9 Å². The Morgan fingerprint density at radius 2 is 2.00 bits per heavy atom. The molecule has 5 nitrogen and oxygen atoms in total. The maximum Gasteiger partial charge on any atom is 0.234 e. The fraction of sp³-hybridized carbons (Fsp3) is 0.333. The molecular formula is C12H16N2O3S. The average Bonchev–Trinajstić information content (AvgIpc) is 2.35. The van der Waals surface area contributed by atoms with Crippen LogP contribution in [-0.4, -0.2) is 30.4 Å². The molecule has 0 fully saturated rings. The molecule has 0 saturated carbocycles. The van der Waals surface area contributed by atoms with Crippen molar-refractivity contribution < 1.29 is 14.3 Å². The molecule has 0 aromatic heterocycles. The van der Waals surface area contributed by atoms with Crippen LogP contribution in [0.4, 0.5) is 5.69 Å². The third-order valence-electron chi connectivity index (χ3n) is 2.10. The second-order valence-electron chi connectivity index (χ2n) is 3.55. The molecule has 0 radical (unpaired) electrons. The molecule has 0 aliphatic carbocycles. The number of carbonyl (C=O) groups excluding carboxylic acids is 2. The number of primary amides is 1. The largest absolute Gasteiger partial charge is 0.497 e. The van der Waals surface area contributed by atoms with Crippen molar-refractivity contribution in [1.29, 1.82) is 0 Å². The minimum absolute atomic E-state index is 0.102. The highest BCUT2D eigenvalue weighted by atomic mass is 32.2. The standard InChI is InChI=1S/C12H16N2O3S/c1-17-10-4-2-9(3-5-10)14-12(16)8-18-7-6-11(13)15/h2-5H,6-8H2,1H3,(H2,13,15)(H,14,16). The first-order valence-corrected chi connectivity index (χ1v) is 6.57. The van der Waals surface area contributed by atoms with E-state index in [4.69, 9.17) is 10.5 Å². The number of rotatable bonds is 7. The summed E-state index contributed by atoms with van der Waals surface area (Å²) in [6.45, 7) is 0. The van der Waals surface area contributed by atoms with Crippen LogP contribution in [0.1, 0.15) is 6.42 Å². The van der Waals surface area contributed by atoms with Gasteiger partial charge in [-0.2, -0.15) is 11.8 Å². The lowest BCUT2D eigenvalue weighted by Crippen LogP contribution is -2.15. The van der Waals surface area contributed by atoms with E-state index in [9.17, 15) is 9.59 Å². The molecular weight excluding hydrogens is 252 g/mol.